The molecule has 0 unspecified atom stereocenters. The van der Waals surface area contributed by atoms with Gasteiger partial charge in [0, 0.05) is 10.0 Å². The molecule has 0 radical (unpaired) electrons. The number of benzene rings is 3. The second-order valence-corrected chi connectivity index (χ2v) is 10.4. The summed E-state index contributed by atoms with van der Waals surface area (Å²) in [4.78, 5) is 39.4. The van der Waals surface area contributed by atoms with Gasteiger partial charge in [-0.15, -0.1) is 0 Å². The van der Waals surface area contributed by atoms with Gasteiger partial charge in [0.1, 0.15) is 0 Å². The molecular weight excluding hydrogens is 624 g/mol. The first-order chi connectivity index (χ1) is 16.7. The number of amides is 2. The van der Waals surface area contributed by atoms with Crippen LogP contribution in [-0.2, 0) is 11.3 Å². The molecule has 3 aromatic rings. The van der Waals surface area contributed by atoms with Gasteiger partial charge in [0.15, 0.2) is 11.5 Å². The van der Waals surface area contributed by atoms with E-state index in [0.717, 1.165) is 17.3 Å². The highest BCUT2D eigenvalue weighted by Crippen LogP contribution is 2.38. The van der Waals surface area contributed by atoms with Crippen molar-refractivity contribution in [1.29, 1.82) is 0 Å². The van der Waals surface area contributed by atoms with Crippen molar-refractivity contribution in [2.45, 2.75) is 6.54 Å². The second kappa shape index (κ2) is 11.0. The standard InChI is InChI=1S/C25H16Cl2INO5S/c1-33-20-11-15(10-19(28)22(20)34-24(31)16-4-8-18(27)9-5-16)12-21-23(30)29(25(32)35-21)13-14-2-6-17(26)7-3-14/h2-12H,13H2,1H3/b21-12-. The van der Waals surface area contributed by atoms with Gasteiger partial charge in [-0.3, -0.25) is 14.5 Å². The Hall–Kier alpha value is -2.53. The van der Waals surface area contributed by atoms with Crippen molar-refractivity contribution in [2.24, 2.45) is 0 Å². The minimum atomic E-state index is -0.561. The van der Waals surface area contributed by atoms with Gasteiger partial charge in [0.25, 0.3) is 11.1 Å². The number of nitrogens with zero attached hydrogens (tertiary/aromatic N) is 1. The first-order valence-corrected chi connectivity index (χ1v) is 12.8. The smallest absolute Gasteiger partial charge is 0.343 e. The Morgan fingerprint density at radius 3 is 2.29 bits per heavy atom. The van der Waals surface area contributed by atoms with Crippen LogP contribution in [0.2, 0.25) is 10.0 Å². The van der Waals surface area contributed by atoms with Crippen LogP contribution in [0.25, 0.3) is 6.08 Å². The first-order valence-electron chi connectivity index (χ1n) is 10.1. The van der Waals surface area contributed by atoms with E-state index in [9.17, 15) is 14.4 Å². The van der Waals surface area contributed by atoms with Crippen LogP contribution >= 0.6 is 57.6 Å². The molecule has 0 N–H and O–H groups in total. The summed E-state index contributed by atoms with van der Waals surface area (Å²) in [6, 6.07) is 16.7. The number of ether oxygens (including phenoxy) is 2. The van der Waals surface area contributed by atoms with Crippen molar-refractivity contribution >= 4 is 80.7 Å². The molecule has 35 heavy (non-hydrogen) atoms. The largest absolute Gasteiger partial charge is 0.493 e. The highest BCUT2D eigenvalue weighted by molar-refractivity contribution is 14.1. The molecule has 178 valence electrons. The summed E-state index contributed by atoms with van der Waals surface area (Å²) in [5, 5.41) is 0.732. The maximum atomic E-state index is 12.9. The quantitative estimate of drug-likeness (QED) is 0.124. The summed E-state index contributed by atoms with van der Waals surface area (Å²) in [7, 11) is 1.45. The predicted octanol–water partition coefficient (Wildman–Crippen LogP) is 7.06. The van der Waals surface area contributed by atoms with Crippen molar-refractivity contribution in [3.63, 3.8) is 0 Å². The molecule has 6 nitrogen and oxygen atoms in total. The lowest BCUT2D eigenvalue weighted by molar-refractivity contribution is -0.123. The fourth-order valence-corrected chi connectivity index (χ4v) is 5.05. The molecule has 1 aliphatic heterocycles. The number of carbonyl (C=O) groups is 3. The normalized spacial score (nSPS) is 14.5. The van der Waals surface area contributed by atoms with Gasteiger partial charge in [0.2, 0.25) is 0 Å². The summed E-state index contributed by atoms with van der Waals surface area (Å²) in [5.41, 5.74) is 1.75. The second-order valence-electron chi connectivity index (χ2n) is 7.32. The minimum Gasteiger partial charge on any atom is -0.493 e. The number of rotatable bonds is 6. The van der Waals surface area contributed by atoms with Crippen LogP contribution < -0.4 is 9.47 Å². The average Bonchev–Trinajstić information content (AvgIpc) is 3.09. The molecule has 1 fully saturated rings. The van der Waals surface area contributed by atoms with Gasteiger partial charge in [-0.05, 0) is 100 Å². The molecule has 1 heterocycles. The molecule has 2 amide bonds. The molecule has 1 aliphatic rings. The number of thioether (sulfide) groups is 1. The maximum Gasteiger partial charge on any atom is 0.343 e. The van der Waals surface area contributed by atoms with E-state index in [1.165, 1.54) is 12.0 Å². The molecule has 10 heteroatoms. The van der Waals surface area contributed by atoms with Crippen LogP contribution in [0.15, 0.2) is 65.6 Å². The summed E-state index contributed by atoms with van der Waals surface area (Å²) in [6.45, 7) is 0.152. The van der Waals surface area contributed by atoms with E-state index in [2.05, 4.69) is 0 Å². The Bertz CT molecular complexity index is 1340. The zero-order chi connectivity index (χ0) is 25.1. The first kappa shape index (κ1) is 25.6. The SMILES string of the molecule is COc1cc(/C=C2\SC(=O)N(Cc3ccc(Cl)cc3)C2=O)cc(I)c1OC(=O)c1ccc(Cl)cc1. The van der Waals surface area contributed by atoms with Crippen molar-refractivity contribution in [1.82, 2.24) is 4.90 Å². The van der Waals surface area contributed by atoms with Gasteiger partial charge in [0.05, 0.1) is 27.7 Å². The highest BCUT2D eigenvalue weighted by Gasteiger charge is 2.35. The lowest BCUT2D eigenvalue weighted by Crippen LogP contribution is -2.27. The van der Waals surface area contributed by atoms with Crippen molar-refractivity contribution < 1.29 is 23.9 Å². The molecule has 0 spiro atoms. The van der Waals surface area contributed by atoms with Crippen molar-refractivity contribution in [2.75, 3.05) is 7.11 Å². The Morgan fingerprint density at radius 2 is 1.66 bits per heavy atom. The highest BCUT2D eigenvalue weighted by atomic mass is 127. The maximum absolute atomic E-state index is 12.9. The number of halogens is 3. The van der Waals surface area contributed by atoms with Crippen LogP contribution in [0.3, 0.4) is 0 Å². The van der Waals surface area contributed by atoms with Crippen LogP contribution in [0.1, 0.15) is 21.5 Å². The summed E-state index contributed by atoms with van der Waals surface area (Å²) in [6.07, 6.45) is 1.61. The Kier molecular flexibility index (Phi) is 8.05. The van der Waals surface area contributed by atoms with Crippen LogP contribution in [0.5, 0.6) is 11.5 Å². The molecular formula is C25H16Cl2INO5S. The minimum absolute atomic E-state index is 0.152. The summed E-state index contributed by atoms with van der Waals surface area (Å²) in [5.74, 6) is -0.386. The van der Waals surface area contributed by atoms with E-state index in [-0.39, 0.29) is 28.3 Å². The fourth-order valence-electron chi connectivity index (χ4n) is 3.22. The lowest BCUT2D eigenvalue weighted by atomic mass is 10.1. The van der Waals surface area contributed by atoms with Gasteiger partial charge < -0.3 is 9.47 Å². The van der Waals surface area contributed by atoms with Crippen molar-refractivity contribution in [3.8, 4) is 11.5 Å². The van der Waals surface area contributed by atoms with Crippen LogP contribution in [-0.4, -0.2) is 29.1 Å². The summed E-state index contributed by atoms with van der Waals surface area (Å²) < 4.78 is 11.6. The molecule has 0 saturated carbocycles. The molecule has 4 rings (SSSR count). The molecule has 1 saturated heterocycles. The molecule has 0 bridgehead atoms. The van der Waals surface area contributed by atoms with Crippen molar-refractivity contribution in [3.05, 3.63) is 95.9 Å². The molecule has 0 atom stereocenters. The van der Waals surface area contributed by atoms with Gasteiger partial charge in [-0.25, -0.2) is 4.79 Å². The Morgan fingerprint density at radius 1 is 1.03 bits per heavy atom. The number of esters is 1. The van der Waals surface area contributed by atoms with Gasteiger partial charge in [-0.1, -0.05) is 35.3 Å². The zero-order valence-electron chi connectivity index (χ0n) is 18.1. The third kappa shape index (κ3) is 6.00. The van der Waals surface area contributed by atoms with E-state index in [4.69, 9.17) is 32.7 Å². The number of carbonyl (C=O) groups excluding carboxylic acids is 3. The summed E-state index contributed by atoms with van der Waals surface area (Å²) >= 11 is 14.7. The fraction of sp³-hybridized carbons (Fsp3) is 0.0800. The average molecular weight is 640 g/mol. The van der Waals surface area contributed by atoms with Gasteiger partial charge in [-0.2, -0.15) is 0 Å². The Labute approximate surface area is 229 Å². The number of imide groups is 1. The molecule has 0 aromatic heterocycles. The predicted molar refractivity (Wildman–Crippen MR) is 145 cm³/mol. The Balaban J connectivity index is 1.55. The van der Waals surface area contributed by atoms with E-state index >= 15 is 0 Å². The third-order valence-electron chi connectivity index (χ3n) is 4.95. The van der Waals surface area contributed by atoms with E-state index in [1.807, 2.05) is 22.6 Å². The van der Waals surface area contributed by atoms with E-state index in [0.29, 0.717) is 30.5 Å². The topological polar surface area (TPSA) is 72.9 Å². The molecule has 0 aliphatic carbocycles. The number of hydrogen-bond donors (Lipinski definition) is 0. The molecule has 3 aromatic carbocycles. The van der Waals surface area contributed by atoms with Crippen LogP contribution in [0, 0.1) is 3.57 Å². The van der Waals surface area contributed by atoms with E-state index < -0.39 is 5.97 Å². The van der Waals surface area contributed by atoms with Gasteiger partial charge >= 0.3 is 5.97 Å². The zero-order valence-corrected chi connectivity index (χ0v) is 22.6. The monoisotopic (exact) mass is 639 g/mol. The number of methoxy groups -OCH3 is 1. The number of hydrogen-bond acceptors (Lipinski definition) is 6. The third-order valence-corrected chi connectivity index (χ3v) is 7.16. The van der Waals surface area contributed by atoms with E-state index in [1.54, 1.807) is 66.7 Å². The lowest BCUT2D eigenvalue weighted by Gasteiger charge is -2.13. The van der Waals surface area contributed by atoms with Crippen LogP contribution in [0.4, 0.5) is 4.79 Å².